The van der Waals surface area contributed by atoms with Gasteiger partial charge in [0.15, 0.2) is 1.05 Å². The van der Waals surface area contributed by atoms with Crippen molar-refractivity contribution in [3.05, 3.63) is 0 Å². The van der Waals surface area contributed by atoms with Gasteiger partial charge in [-0.2, -0.15) is 0 Å². The van der Waals surface area contributed by atoms with Gasteiger partial charge in [-0.05, 0) is 101 Å². The largest absolute Gasteiger partial charge is 0.189 e. The van der Waals surface area contributed by atoms with Crippen molar-refractivity contribution in [2.75, 3.05) is 18.5 Å². The van der Waals surface area contributed by atoms with Gasteiger partial charge in [0.2, 0.25) is 0 Å². The predicted molar refractivity (Wildman–Crippen MR) is 160 cm³/mol. The molecule has 0 radical (unpaired) electrons. The van der Waals surface area contributed by atoms with Crippen LogP contribution in [-0.4, -0.2) is 19.5 Å². The Balaban J connectivity index is 0. The van der Waals surface area contributed by atoms with Crippen LogP contribution in [-0.2, 0) is 0 Å². The van der Waals surface area contributed by atoms with E-state index in [2.05, 4.69) is 84.5 Å². The SMILES string of the molecule is BrC(Br)(Br)Br.CCCCCCCCP(CCCCCCCC)CCCCCCCC. The summed E-state index contributed by atoms with van der Waals surface area (Å²) >= 11 is 12.5. The van der Waals surface area contributed by atoms with Crippen LogP contribution < -0.4 is 0 Å². The van der Waals surface area contributed by atoms with E-state index in [9.17, 15) is 0 Å². The van der Waals surface area contributed by atoms with E-state index in [0.717, 1.165) is 0 Å². The zero-order valence-electron chi connectivity index (χ0n) is 20.3. The number of hydrogen-bond acceptors (Lipinski definition) is 0. The van der Waals surface area contributed by atoms with Gasteiger partial charge < -0.3 is 0 Å². The molecule has 0 fully saturated rings. The molecular formula is C25H51Br4P. The normalized spacial score (nSPS) is 11.6. The average Bonchev–Trinajstić information content (AvgIpc) is 2.68. The molecule has 0 aromatic carbocycles. The first-order valence-electron chi connectivity index (χ1n) is 12.8. The number of unbranched alkanes of at least 4 members (excludes halogenated alkanes) is 15. The van der Waals surface area contributed by atoms with E-state index in [1.807, 2.05) is 0 Å². The summed E-state index contributed by atoms with van der Waals surface area (Å²) in [5, 5.41) is 0. The molecule has 0 aliphatic heterocycles. The van der Waals surface area contributed by atoms with E-state index in [-0.39, 0.29) is 1.05 Å². The van der Waals surface area contributed by atoms with Crippen LogP contribution >= 0.6 is 71.6 Å². The smallest absolute Gasteiger partial charge is 0.107 e. The third-order valence-electron chi connectivity index (χ3n) is 5.48. The van der Waals surface area contributed by atoms with Crippen molar-refractivity contribution in [3.63, 3.8) is 0 Å². The van der Waals surface area contributed by atoms with E-state index >= 15 is 0 Å². The van der Waals surface area contributed by atoms with Crippen LogP contribution in [0.15, 0.2) is 0 Å². The minimum Gasteiger partial charge on any atom is -0.107 e. The van der Waals surface area contributed by atoms with E-state index in [0.29, 0.717) is 7.92 Å². The molecule has 0 spiro atoms. The molecule has 0 saturated heterocycles. The Labute approximate surface area is 225 Å². The zero-order valence-corrected chi connectivity index (χ0v) is 27.5. The number of hydrogen-bond donors (Lipinski definition) is 0. The molecule has 0 rings (SSSR count). The number of alkyl halides is 4. The minimum absolute atomic E-state index is 0.250. The lowest BCUT2D eigenvalue weighted by molar-refractivity contribution is 0.617. The highest BCUT2D eigenvalue weighted by molar-refractivity contribution is 9.52. The highest BCUT2D eigenvalue weighted by Gasteiger charge is 2.08. The Hall–Kier alpha value is 2.35. The van der Waals surface area contributed by atoms with Crippen molar-refractivity contribution in [1.29, 1.82) is 0 Å². The predicted octanol–water partition coefficient (Wildman–Crippen LogP) is 12.7. The summed E-state index contributed by atoms with van der Waals surface area (Å²) in [6.45, 7) is 6.96. The van der Waals surface area contributed by atoms with Gasteiger partial charge in [-0.1, -0.05) is 117 Å². The Bertz CT molecular complexity index is 264. The Morgan fingerprint density at radius 1 is 0.400 bits per heavy atom. The van der Waals surface area contributed by atoms with Crippen LogP contribution in [0.4, 0.5) is 0 Å². The van der Waals surface area contributed by atoms with Gasteiger partial charge in [-0.25, -0.2) is 0 Å². The molecule has 0 heterocycles. The zero-order chi connectivity index (χ0) is 22.9. The summed E-state index contributed by atoms with van der Waals surface area (Å²) in [5.41, 5.74) is 0. The van der Waals surface area contributed by atoms with Crippen molar-refractivity contribution >= 4 is 71.6 Å². The van der Waals surface area contributed by atoms with E-state index in [1.54, 1.807) is 18.5 Å². The standard InChI is InChI=1S/C24H51P.CBr4/c1-4-7-10-13-16-19-22-25(23-20-17-14-11-8-5-2)24-21-18-15-12-9-6-3;2-1(3,4)5/h4-24H2,1-3H3;. The highest BCUT2D eigenvalue weighted by Crippen LogP contribution is 2.40. The van der Waals surface area contributed by atoms with Gasteiger partial charge in [0.1, 0.15) is 0 Å². The van der Waals surface area contributed by atoms with Crippen LogP contribution in [0.2, 0.25) is 0 Å². The molecule has 0 N–H and O–H groups in total. The van der Waals surface area contributed by atoms with Gasteiger partial charge in [-0.15, -0.1) is 7.92 Å². The van der Waals surface area contributed by atoms with Crippen molar-refractivity contribution < 1.29 is 0 Å². The maximum Gasteiger partial charge on any atom is 0.189 e. The van der Waals surface area contributed by atoms with Gasteiger partial charge in [-0.3, -0.25) is 0 Å². The molecule has 0 atom stereocenters. The lowest BCUT2D eigenvalue weighted by Crippen LogP contribution is -1.97. The first-order valence-corrected chi connectivity index (χ1v) is 17.9. The van der Waals surface area contributed by atoms with Crippen LogP contribution in [0.1, 0.15) is 136 Å². The first-order chi connectivity index (χ1) is 14.3. The monoisotopic (exact) mass is 698 g/mol. The van der Waals surface area contributed by atoms with Gasteiger partial charge in [0.25, 0.3) is 0 Å². The second-order valence-electron chi connectivity index (χ2n) is 8.57. The number of rotatable bonds is 21. The fourth-order valence-corrected chi connectivity index (χ4v) is 6.37. The first kappa shape index (κ1) is 34.5. The lowest BCUT2D eigenvalue weighted by Gasteiger charge is -2.18. The van der Waals surface area contributed by atoms with Crippen LogP contribution in [0, 0.1) is 0 Å². The molecule has 0 aliphatic rings. The van der Waals surface area contributed by atoms with E-state index in [4.69, 9.17) is 0 Å². The quantitative estimate of drug-likeness (QED) is 0.0635. The Morgan fingerprint density at radius 3 is 0.833 bits per heavy atom. The third kappa shape index (κ3) is 37.7. The summed E-state index contributed by atoms with van der Waals surface area (Å²) < 4.78 is -0.250. The molecule has 0 amide bonds. The molecule has 0 aliphatic carbocycles. The molecule has 0 nitrogen and oxygen atoms in total. The van der Waals surface area contributed by atoms with Gasteiger partial charge in [0.05, 0.1) is 0 Å². The van der Waals surface area contributed by atoms with Crippen LogP contribution in [0.5, 0.6) is 0 Å². The molecule has 0 bridgehead atoms. The minimum atomic E-state index is -0.250. The average molecular weight is 702 g/mol. The van der Waals surface area contributed by atoms with Crippen molar-refractivity contribution in [3.8, 4) is 0 Å². The van der Waals surface area contributed by atoms with Crippen molar-refractivity contribution in [1.82, 2.24) is 0 Å². The maximum absolute atomic E-state index is 3.12. The van der Waals surface area contributed by atoms with Crippen molar-refractivity contribution in [2.45, 2.75) is 137 Å². The summed E-state index contributed by atoms with van der Waals surface area (Å²) in [4.78, 5) is 0. The highest BCUT2D eigenvalue weighted by atomic mass is 80.0. The summed E-state index contributed by atoms with van der Waals surface area (Å²) in [6.07, 6.45) is 31.2. The molecule has 184 valence electrons. The fourth-order valence-electron chi connectivity index (χ4n) is 3.68. The Morgan fingerprint density at radius 2 is 0.600 bits per heavy atom. The summed E-state index contributed by atoms with van der Waals surface area (Å²) in [5.74, 6) is 0. The second kappa shape index (κ2) is 27.6. The molecule has 0 aromatic heterocycles. The number of halogens is 4. The fraction of sp³-hybridized carbons (Fsp3) is 1.00. The van der Waals surface area contributed by atoms with Gasteiger partial charge >= 0.3 is 0 Å². The topological polar surface area (TPSA) is 0 Å². The lowest BCUT2D eigenvalue weighted by atomic mass is 10.1. The van der Waals surface area contributed by atoms with Crippen molar-refractivity contribution in [2.24, 2.45) is 0 Å². The van der Waals surface area contributed by atoms with E-state index < -0.39 is 0 Å². The second-order valence-corrected chi connectivity index (χ2v) is 22.4. The summed E-state index contributed by atoms with van der Waals surface area (Å²) in [6, 6.07) is 0. The Kier molecular flexibility index (Phi) is 31.7. The van der Waals surface area contributed by atoms with Crippen LogP contribution in [0.25, 0.3) is 0 Å². The van der Waals surface area contributed by atoms with E-state index in [1.165, 1.54) is 116 Å². The van der Waals surface area contributed by atoms with Crippen LogP contribution in [0.3, 0.4) is 0 Å². The molecule has 0 aromatic rings. The molecule has 0 saturated carbocycles. The molecule has 30 heavy (non-hydrogen) atoms. The molecule has 5 heteroatoms. The maximum atomic E-state index is 3.12. The molecule has 0 unspecified atom stereocenters. The van der Waals surface area contributed by atoms with Gasteiger partial charge in [0, 0.05) is 0 Å². The molecular weight excluding hydrogens is 651 g/mol. The third-order valence-corrected chi connectivity index (χ3v) is 8.33. The summed E-state index contributed by atoms with van der Waals surface area (Å²) in [7, 11) is 0.366.